The number of carboxylic acids is 1. The normalized spacial score (nSPS) is 19.9. The number of carbonyl (C=O) groups is 1. The van der Waals surface area contributed by atoms with E-state index in [4.69, 9.17) is 22.0 Å². The van der Waals surface area contributed by atoms with Gasteiger partial charge in [0.2, 0.25) is 10.0 Å². The SMILES string of the molecule is N#Cc1ccc(S(=O)(=O)N2CCNCC2C(=O)O)cc1Cl. The quantitative estimate of drug-likeness (QED) is 0.823. The second-order valence-electron chi connectivity index (χ2n) is 4.43. The van der Waals surface area contributed by atoms with Crippen molar-refractivity contribution in [2.24, 2.45) is 0 Å². The highest BCUT2D eigenvalue weighted by Crippen LogP contribution is 2.24. The van der Waals surface area contributed by atoms with Crippen molar-refractivity contribution in [1.29, 1.82) is 5.26 Å². The molecular formula is C12H12ClN3O4S. The predicted molar refractivity (Wildman–Crippen MR) is 74.4 cm³/mol. The molecule has 21 heavy (non-hydrogen) atoms. The van der Waals surface area contributed by atoms with Gasteiger partial charge in [0, 0.05) is 19.6 Å². The number of piperazine rings is 1. The van der Waals surface area contributed by atoms with Crippen LogP contribution >= 0.6 is 11.6 Å². The van der Waals surface area contributed by atoms with Crippen LogP contribution < -0.4 is 5.32 Å². The highest BCUT2D eigenvalue weighted by molar-refractivity contribution is 7.89. The fourth-order valence-corrected chi connectivity index (χ4v) is 3.96. The maximum absolute atomic E-state index is 12.5. The largest absolute Gasteiger partial charge is 0.480 e. The van der Waals surface area contributed by atoms with Gasteiger partial charge in [-0.1, -0.05) is 11.6 Å². The molecule has 0 radical (unpaired) electrons. The number of benzene rings is 1. The Balaban J connectivity index is 2.43. The minimum atomic E-state index is -3.99. The zero-order chi connectivity index (χ0) is 15.6. The summed E-state index contributed by atoms with van der Waals surface area (Å²) >= 11 is 5.84. The first kappa shape index (κ1) is 15.7. The van der Waals surface area contributed by atoms with Crippen LogP contribution in [0.4, 0.5) is 0 Å². The molecule has 0 aliphatic carbocycles. The molecule has 1 aromatic carbocycles. The summed E-state index contributed by atoms with van der Waals surface area (Å²) in [5.74, 6) is -1.22. The van der Waals surface area contributed by atoms with Crippen molar-refractivity contribution in [3.63, 3.8) is 0 Å². The Morgan fingerprint density at radius 1 is 1.52 bits per heavy atom. The van der Waals surface area contributed by atoms with Crippen LogP contribution in [-0.2, 0) is 14.8 Å². The third-order valence-corrected chi connectivity index (χ3v) is 5.36. The van der Waals surface area contributed by atoms with E-state index in [1.165, 1.54) is 12.1 Å². The Hall–Kier alpha value is -1.66. The predicted octanol–water partition coefficient (Wildman–Crippen LogP) is 0.259. The molecule has 1 heterocycles. The first-order valence-electron chi connectivity index (χ1n) is 6.03. The molecule has 2 rings (SSSR count). The highest BCUT2D eigenvalue weighted by Gasteiger charge is 2.37. The van der Waals surface area contributed by atoms with Gasteiger partial charge in [-0.15, -0.1) is 0 Å². The standard InChI is InChI=1S/C12H12ClN3O4S/c13-10-5-9(2-1-8(10)6-14)21(19,20)16-4-3-15-7-11(16)12(17)18/h1-2,5,11,15H,3-4,7H2,(H,17,18). The van der Waals surface area contributed by atoms with E-state index in [-0.39, 0.29) is 28.6 Å². The summed E-state index contributed by atoms with van der Waals surface area (Å²) in [7, 11) is -3.99. The van der Waals surface area contributed by atoms with Crippen molar-refractivity contribution in [3.05, 3.63) is 28.8 Å². The number of carboxylic acid groups (broad SMARTS) is 1. The molecule has 7 nitrogen and oxygen atoms in total. The second-order valence-corrected chi connectivity index (χ2v) is 6.73. The van der Waals surface area contributed by atoms with E-state index < -0.39 is 22.0 Å². The Kier molecular flexibility index (Phi) is 4.49. The molecule has 0 spiro atoms. The average molecular weight is 330 g/mol. The highest BCUT2D eigenvalue weighted by atomic mass is 35.5. The molecular weight excluding hydrogens is 318 g/mol. The monoisotopic (exact) mass is 329 g/mol. The number of halogens is 1. The number of nitrogens with one attached hydrogen (secondary N) is 1. The third kappa shape index (κ3) is 3.01. The molecule has 0 bridgehead atoms. The molecule has 1 fully saturated rings. The summed E-state index contributed by atoms with van der Waals surface area (Å²) < 4.78 is 26.0. The van der Waals surface area contributed by atoms with Gasteiger partial charge in [-0.3, -0.25) is 4.79 Å². The number of aliphatic carboxylic acids is 1. The number of nitrogens with zero attached hydrogens (tertiary/aromatic N) is 2. The van der Waals surface area contributed by atoms with Crippen LogP contribution in [0.3, 0.4) is 0 Å². The maximum Gasteiger partial charge on any atom is 0.323 e. The lowest BCUT2D eigenvalue weighted by Gasteiger charge is -2.32. The van der Waals surface area contributed by atoms with Crippen LogP contribution in [0, 0.1) is 11.3 Å². The van der Waals surface area contributed by atoms with Gasteiger partial charge in [0.25, 0.3) is 0 Å². The van der Waals surface area contributed by atoms with Crippen LogP contribution in [0.5, 0.6) is 0 Å². The van der Waals surface area contributed by atoms with E-state index in [0.29, 0.717) is 6.54 Å². The summed E-state index contributed by atoms with van der Waals surface area (Å²) in [6.07, 6.45) is 0. The molecule has 1 aromatic rings. The van der Waals surface area contributed by atoms with Crippen LogP contribution in [0.25, 0.3) is 0 Å². The lowest BCUT2D eigenvalue weighted by Crippen LogP contribution is -2.56. The smallest absolute Gasteiger partial charge is 0.323 e. The van der Waals surface area contributed by atoms with Gasteiger partial charge in [-0.25, -0.2) is 8.42 Å². The fraction of sp³-hybridized carbons (Fsp3) is 0.333. The van der Waals surface area contributed by atoms with E-state index >= 15 is 0 Å². The van der Waals surface area contributed by atoms with Crippen LogP contribution in [0.15, 0.2) is 23.1 Å². The van der Waals surface area contributed by atoms with Crippen molar-refractivity contribution >= 4 is 27.6 Å². The van der Waals surface area contributed by atoms with E-state index in [1.54, 1.807) is 0 Å². The van der Waals surface area contributed by atoms with Crippen molar-refractivity contribution < 1.29 is 18.3 Å². The maximum atomic E-state index is 12.5. The first-order chi connectivity index (χ1) is 9.87. The summed E-state index contributed by atoms with van der Waals surface area (Å²) in [6, 6.07) is 4.38. The molecule has 0 amide bonds. The number of nitriles is 1. The number of sulfonamides is 1. The van der Waals surface area contributed by atoms with Gasteiger partial charge < -0.3 is 10.4 Å². The molecule has 1 saturated heterocycles. The lowest BCUT2D eigenvalue weighted by molar-refractivity contribution is -0.141. The Bertz CT molecular complexity index is 714. The van der Waals surface area contributed by atoms with Crippen molar-refractivity contribution in [2.75, 3.05) is 19.6 Å². The van der Waals surface area contributed by atoms with Crippen molar-refractivity contribution in [1.82, 2.24) is 9.62 Å². The summed E-state index contributed by atoms with van der Waals surface area (Å²) in [5, 5.41) is 20.8. The van der Waals surface area contributed by atoms with Gasteiger partial charge in [0.05, 0.1) is 15.5 Å². The minimum absolute atomic E-state index is 0.0144. The summed E-state index contributed by atoms with van der Waals surface area (Å²) in [5.41, 5.74) is 0.158. The zero-order valence-corrected chi connectivity index (χ0v) is 12.4. The van der Waals surface area contributed by atoms with Gasteiger partial charge in [0.15, 0.2) is 0 Å². The second kappa shape index (κ2) is 5.99. The van der Waals surface area contributed by atoms with E-state index in [2.05, 4.69) is 5.32 Å². The number of hydrogen-bond donors (Lipinski definition) is 2. The zero-order valence-electron chi connectivity index (χ0n) is 10.8. The fourth-order valence-electron chi connectivity index (χ4n) is 2.07. The van der Waals surface area contributed by atoms with Gasteiger partial charge >= 0.3 is 5.97 Å². The minimum Gasteiger partial charge on any atom is -0.480 e. The van der Waals surface area contributed by atoms with Gasteiger partial charge in [-0.2, -0.15) is 9.57 Å². The Morgan fingerprint density at radius 2 is 2.24 bits per heavy atom. The molecule has 2 N–H and O–H groups in total. The third-order valence-electron chi connectivity index (χ3n) is 3.15. The molecule has 9 heteroatoms. The Labute approximate surface area is 126 Å². The lowest BCUT2D eigenvalue weighted by atomic mass is 10.2. The topological polar surface area (TPSA) is 111 Å². The molecule has 0 saturated carbocycles. The molecule has 0 aromatic heterocycles. The number of hydrogen-bond acceptors (Lipinski definition) is 5. The van der Waals surface area contributed by atoms with Crippen LogP contribution in [-0.4, -0.2) is 49.5 Å². The molecule has 1 atom stereocenters. The van der Waals surface area contributed by atoms with Crippen molar-refractivity contribution in [3.8, 4) is 6.07 Å². The molecule has 112 valence electrons. The first-order valence-corrected chi connectivity index (χ1v) is 7.84. The molecule has 1 unspecified atom stereocenters. The molecule has 1 aliphatic heterocycles. The van der Waals surface area contributed by atoms with E-state index in [9.17, 15) is 13.2 Å². The average Bonchev–Trinajstić information content (AvgIpc) is 2.47. The van der Waals surface area contributed by atoms with E-state index in [0.717, 1.165) is 10.4 Å². The Morgan fingerprint density at radius 3 is 2.81 bits per heavy atom. The summed E-state index contributed by atoms with van der Waals surface area (Å²) in [4.78, 5) is 11.1. The van der Waals surface area contributed by atoms with Crippen molar-refractivity contribution in [2.45, 2.75) is 10.9 Å². The summed E-state index contributed by atoms with van der Waals surface area (Å²) in [6.45, 7) is 0.461. The van der Waals surface area contributed by atoms with Gasteiger partial charge in [0.1, 0.15) is 12.1 Å². The van der Waals surface area contributed by atoms with Crippen LogP contribution in [0.2, 0.25) is 5.02 Å². The number of rotatable bonds is 3. The van der Waals surface area contributed by atoms with Gasteiger partial charge in [-0.05, 0) is 18.2 Å². The van der Waals surface area contributed by atoms with E-state index in [1.807, 2.05) is 6.07 Å². The van der Waals surface area contributed by atoms with Crippen LogP contribution in [0.1, 0.15) is 5.56 Å². The molecule has 1 aliphatic rings.